The van der Waals surface area contributed by atoms with Gasteiger partial charge in [0.15, 0.2) is 6.61 Å². The first-order chi connectivity index (χ1) is 11.1. The monoisotopic (exact) mass is 353 g/mol. The van der Waals surface area contributed by atoms with E-state index in [2.05, 4.69) is 0 Å². The molecule has 23 heavy (non-hydrogen) atoms. The molecule has 0 saturated heterocycles. The molecule has 0 aliphatic heterocycles. The highest BCUT2D eigenvalue weighted by Crippen LogP contribution is 2.27. The number of hydrogen-bond acceptors (Lipinski definition) is 3. The molecule has 0 aliphatic rings. The number of benzene rings is 2. The molecule has 0 radical (unpaired) electrons. The molecule has 6 heteroatoms. The molecule has 0 heterocycles. The molecule has 0 saturated carbocycles. The lowest BCUT2D eigenvalue weighted by molar-refractivity contribution is -0.134. The Labute approximate surface area is 145 Å². The van der Waals surface area contributed by atoms with Crippen molar-refractivity contribution in [1.82, 2.24) is 4.90 Å². The van der Waals surface area contributed by atoms with Crippen molar-refractivity contribution in [1.29, 1.82) is 0 Å². The number of amides is 1. The van der Waals surface area contributed by atoms with E-state index in [0.29, 0.717) is 22.3 Å². The molecule has 122 valence electrons. The van der Waals surface area contributed by atoms with Crippen LogP contribution in [-0.4, -0.2) is 35.7 Å². The molecule has 0 fully saturated rings. The number of aliphatic hydroxyl groups is 1. The first-order valence-corrected chi connectivity index (χ1v) is 7.86. The van der Waals surface area contributed by atoms with Gasteiger partial charge in [-0.25, -0.2) is 0 Å². The van der Waals surface area contributed by atoms with Gasteiger partial charge in [-0.2, -0.15) is 0 Å². The van der Waals surface area contributed by atoms with E-state index in [0.717, 1.165) is 5.56 Å². The molecule has 0 aromatic heterocycles. The molecular formula is C17H17Cl2NO3. The molecule has 0 bridgehead atoms. The normalized spacial score (nSPS) is 10.4. The number of rotatable bonds is 7. The smallest absolute Gasteiger partial charge is 0.260 e. The second-order valence-corrected chi connectivity index (χ2v) is 5.73. The number of halogens is 2. The van der Waals surface area contributed by atoms with Crippen LogP contribution in [0.3, 0.4) is 0 Å². The fourth-order valence-electron chi connectivity index (χ4n) is 2.04. The third-order valence-corrected chi connectivity index (χ3v) is 3.71. The van der Waals surface area contributed by atoms with Crippen LogP contribution >= 0.6 is 23.2 Å². The Morgan fingerprint density at radius 1 is 1.13 bits per heavy atom. The van der Waals surface area contributed by atoms with Crippen molar-refractivity contribution in [2.45, 2.75) is 6.54 Å². The molecule has 0 atom stereocenters. The van der Waals surface area contributed by atoms with E-state index >= 15 is 0 Å². The Morgan fingerprint density at radius 3 is 2.52 bits per heavy atom. The van der Waals surface area contributed by atoms with E-state index in [9.17, 15) is 4.79 Å². The van der Waals surface area contributed by atoms with Gasteiger partial charge in [-0.05, 0) is 23.8 Å². The first-order valence-electron chi connectivity index (χ1n) is 7.10. The first kappa shape index (κ1) is 17.6. The summed E-state index contributed by atoms with van der Waals surface area (Å²) in [6.45, 7) is 0.387. The summed E-state index contributed by atoms with van der Waals surface area (Å²) in [4.78, 5) is 13.9. The quantitative estimate of drug-likeness (QED) is 0.829. The van der Waals surface area contributed by atoms with Gasteiger partial charge < -0.3 is 14.7 Å². The number of ether oxygens (including phenoxy) is 1. The van der Waals surface area contributed by atoms with Crippen molar-refractivity contribution >= 4 is 29.1 Å². The summed E-state index contributed by atoms with van der Waals surface area (Å²) >= 11 is 11.8. The Hall–Kier alpha value is -1.75. The largest absolute Gasteiger partial charge is 0.482 e. The summed E-state index contributed by atoms with van der Waals surface area (Å²) in [6, 6.07) is 14.4. The van der Waals surface area contributed by atoms with Crippen LogP contribution in [0.4, 0.5) is 0 Å². The maximum Gasteiger partial charge on any atom is 0.260 e. The summed E-state index contributed by atoms with van der Waals surface area (Å²) in [5, 5.41) is 10.0. The Kier molecular flexibility index (Phi) is 6.71. The predicted molar refractivity (Wildman–Crippen MR) is 90.9 cm³/mol. The van der Waals surface area contributed by atoms with Gasteiger partial charge in [0.05, 0.1) is 11.6 Å². The maximum atomic E-state index is 12.3. The minimum atomic E-state index is -0.228. The zero-order chi connectivity index (χ0) is 16.7. The van der Waals surface area contributed by atoms with Gasteiger partial charge in [-0.15, -0.1) is 0 Å². The standard InChI is InChI=1S/C17H17Cl2NO3/c18-14-6-7-16(15(19)10-14)23-12-17(22)20(8-9-21)11-13-4-2-1-3-5-13/h1-7,10,21H,8-9,11-12H2. The molecule has 0 aliphatic carbocycles. The minimum Gasteiger partial charge on any atom is -0.482 e. The van der Waals surface area contributed by atoms with E-state index < -0.39 is 0 Å². The highest BCUT2D eigenvalue weighted by atomic mass is 35.5. The van der Waals surface area contributed by atoms with Crippen molar-refractivity contribution < 1.29 is 14.6 Å². The van der Waals surface area contributed by atoms with E-state index in [1.165, 1.54) is 0 Å². The molecule has 0 spiro atoms. The van der Waals surface area contributed by atoms with Crippen LogP contribution in [-0.2, 0) is 11.3 Å². The lowest BCUT2D eigenvalue weighted by atomic mass is 10.2. The second kappa shape index (κ2) is 8.77. The van der Waals surface area contributed by atoms with E-state index in [1.807, 2.05) is 30.3 Å². The summed E-state index contributed by atoms with van der Waals surface area (Å²) in [6.07, 6.45) is 0. The summed E-state index contributed by atoms with van der Waals surface area (Å²) in [7, 11) is 0. The minimum absolute atomic E-state index is 0.111. The van der Waals surface area contributed by atoms with E-state index in [4.69, 9.17) is 33.0 Å². The van der Waals surface area contributed by atoms with Crippen LogP contribution in [0.5, 0.6) is 5.75 Å². The highest BCUT2D eigenvalue weighted by molar-refractivity contribution is 6.35. The van der Waals surface area contributed by atoms with Gasteiger partial charge in [-0.1, -0.05) is 53.5 Å². The van der Waals surface area contributed by atoms with Crippen LogP contribution < -0.4 is 4.74 Å². The number of carbonyl (C=O) groups excluding carboxylic acids is 1. The fraction of sp³-hybridized carbons (Fsp3) is 0.235. The maximum absolute atomic E-state index is 12.3. The van der Waals surface area contributed by atoms with Crippen LogP contribution in [0.2, 0.25) is 10.0 Å². The summed E-state index contributed by atoms with van der Waals surface area (Å²) in [5.41, 5.74) is 0.985. The SMILES string of the molecule is O=C(COc1ccc(Cl)cc1Cl)N(CCO)Cc1ccccc1. The number of carbonyl (C=O) groups is 1. The Balaban J connectivity index is 1.97. The van der Waals surface area contributed by atoms with E-state index in [1.54, 1.807) is 23.1 Å². The van der Waals surface area contributed by atoms with Crippen molar-refractivity contribution in [2.24, 2.45) is 0 Å². The molecule has 2 rings (SSSR count). The Morgan fingerprint density at radius 2 is 1.87 bits per heavy atom. The van der Waals surface area contributed by atoms with Crippen LogP contribution in [0.25, 0.3) is 0 Å². The molecule has 4 nitrogen and oxygen atoms in total. The zero-order valence-corrected chi connectivity index (χ0v) is 13.9. The molecule has 1 N–H and O–H groups in total. The van der Waals surface area contributed by atoms with Crippen LogP contribution in [0.15, 0.2) is 48.5 Å². The topological polar surface area (TPSA) is 49.8 Å². The third kappa shape index (κ3) is 5.43. The van der Waals surface area contributed by atoms with Crippen LogP contribution in [0, 0.1) is 0 Å². The fourth-order valence-corrected chi connectivity index (χ4v) is 2.50. The average Bonchev–Trinajstić information content (AvgIpc) is 2.54. The highest BCUT2D eigenvalue weighted by Gasteiger charge is 2.15. The zero-order valence-electron chi connectivity index (χ0n) is 12.4. The van der Waals surface area contributed by atoms with Gasteiger partial charge in [0.1, 0.15) is 5.75 Å². The molecule has 2 aromatic carbocycles. The van der Waals surface area contributed by atoms with Gasteiger partial charge in [0.2, 0.25) is 0 Å². The third-order valence-electron chi connectivity index (χ3n) is 3.18. The van der Waals surface area contributed by atoms with Gasteiger partial charge >= 0.3 is 0 Å². The van der Waals surface area contributed by atoms with Crippen molar-refractivity contribution in [3.8, 4) is 5.75 Å². The van der Waals surface area contributed by atoms with Gasteiger partial charge in [0, 0.05) is 18.1 Å². The predicted octanol–water partition coefficient (Wildman–Crippen LogP) is 3.39. The van der Waals surface area contributed by atoms with Crippen molar-refractivity contribution in [3.05, 3.63) is 64.1 Å². The lowest BCUT2D eigenvalue weighted by Crippen LogP contribution is -2.36. The van der Waals surface area contributed by atoms with E-state index in [-0.39, 0.29) is 25.7 Å². The van der Waals surface area contributed by atoms with Crippen LogP contribution in [0.1, 0.15) is 5.56 Å². The molecule has 1 amide bonds. The van der Waals surface area contributed by atoms with Gasteiger partial charge in [-0.3, -0.25) is 4.79 Å². The van der Waals surface area contributed by atoms with Crippen molar-refractivity contribution in [3.63, 3.8) is 0 Å². The molecule has 2 aromatic rings. The number of aliphatic hydroxyl groups excluding tert-OH is 1. The Bertz CT molecular complexity index is 650. The average molecular weight is 354 g/mol. The number of hydrogen-bond donors (Lipinski definition) is 1. The number of nitrogens with zero attached hydrogens (tertiary/aromatic N) is 1. The molecule has 0 unspecified atom stereocenters. The second-order valence-electron chi connectivity index (χ2n) is 4.89. The van der Waals surface area contributed by atoms with Crippen molar-refractivity contribution in [2.75, 3.05) is 19.8 Å². The summed E-state index contributed by atoms with van der Waals surface area (Å²) < 4.78 is 5.46. The lowest BCUT2D eigenvalue weighted by Gasteiger charge is -2.22. The summed E-state index contributed by atoms with van der Waals surface area (Å²) in [5.74, 6) is 0.169. The van der Waals surface area contributed by atoms with Gasteiger partial charge in [0.25, 0.3) is 5.91 Å². The molecular weight excluding hydrogens is 337 g/mol.